The first kappa shape index (κ1) is 58.6. The molecule has 0 heterocycles. The van der Waals surface area contributed by atoms with Crippen molar-refractivity contribution >= 4 is 60.8 Å². The third-order valence-corrected chi connectivity index (χ3v) is 11.2. The second-order valence-corrected chi connectivity index (χ2v) is 16.7. The fourth-order valence-electron chi connectivity index (χ4n) is 7.29. The summed E-state index contributed by atoms with van der Waals surface area (Å²) in [6, 6.07) is 37.0. The van der Waals surface area contributed by atoms with Gasteiger partial charge in [-0.1, -0.05) is 73.5 Å². The fraction of sp³-hybridized carbons (Fsp3) is 0.345. The van der Waals surface area contributed by atoms with Gasteiger partial charge in [0.15, 0.2) is 0 Å². The summed E-state index contributed by atoms with van der Waals surface area (Å²) in [5.74, 6) is 1.68. The number of rotatable bonds is 16. The number of nitrogens with one attached hydrogen (secondary N) is 12. The standard InChI is InChI=1S/C15H16N2O2.C13H24N2.C13H12N2.C11H12N2.2C3H8N2/c1-18-14-7-3-12(4-8-14)16-11-17-13-5-9-15(19-2)10-6-13;2*1-3-7-12(8-4-1)14-11-15-13-9-5-2-6-10-13;1-2-6-10(5-1)12-9-13-11-7-3-4-8-11;2*1-4-3-5-2/h3-11H,1-2H3,(H,16,17);11-13H,1-10H2,(H,14,15);1-11H,(H,14,15);1-5,7,9H,6,8H2,(H,12,13);2*3H,1-2H3,(H,4,5)/p+6. The molecule has 0 aromatic heterocycles. The van der Waals surface area contributed by atoms with Gasteiger partial charge in [-0.2, -0.15) is 0 Å². The first-order valence-electron chi connectivity index (χ1n) is 25.3. The Labute approximate surface area is 430 Å². The van der Waals surface area contributed by atoms with Gasteiger partial charge < -0.3 is 9.47 Å². The number of hydrogen-bond donors (Lipinski definition) is 12. The molecule has 4 aliphatic carbocycles. The smallest absolute Gasteiger partial charge is 0.240 e. The first-order valence-corrected chi connectivity index (χ1v) is 25.3. The summed E-state index contributed by atoms with van der Waals surface area (Å²) in [5, 5.41) is 18.6. The van der Waals surface area contributed by atoms with Crippen molar-refractivity contribution < 1.29 is 39.4 Å². The molecule has 14 nitrogen and oxygen atoms in total. The largest absolute Gasteiger partial charge is 0.497 e. The number of benzene rings is 4. The van der Waals surface area contributed by atoms with Gasteiger partial charge in [-0.25, -0.2) is 20.6 Å². The number of para-hydroxylation sites is 2. The molecule has 4 aromatic rings. The van der Waals surface area contributed by atoms with E-state index in [1.165, 1.54) is 75.6 Å². The molecule has 384 valence electrons. The van der Waals surface area contributed by atoms with Gasteiger partial charge in [0.1, 0.15) is 45.6 Å². The third-order valence-electron chi connectivity index (χ3n) is 11.2. The maximum atomic E-state index is 5.10. The number of hydrogen-bond acceptors (Lipinski definition) is 2. The molecule has 4 aliphatic rings. The highest BCUT2D eigenvalue weighted by Crippen LogP contribution is 2.17. The molecule has 0 aliphatic heterocycles. The van der Waals surface area contributed by atoms with Crippen LogP contribution < -0.4 is 71.3 Å². The summed E-state index contributed by atoms with van der Waals surface area (Å²) in [5.41, 5.74) is 6.59. The molecule has 0 bridgehead atoms. The number of ether oxygens (including phenoxy) is 2. The molecular weight excluding hydrogens is 897 g/mol. The Bertz CT molecular complexity index is 2260. The molecule has 0 atom stereocenters. The molecule has 14 heteroatoms. The lowest BCUT2D eigenvalue weighted by atomic mass is 9.95. The maximum absolute atomic E-state index is 5.10. The van der Waals surface area contributed by atoms with Gasteiger partial charge in [-0.05, 0) is 136 Å². The Morgan fingerprint density at radius 2 is 0.986 bits per heavy atom. The van der Waals surface area contributed by atoms with Gasteiger partial charge in [0.05, 0.1) is 54.5 Å². The summed E-state index contributed by atoms with van der Waals surface area (Å²) in [6.45, 7) is 0. The van der Waals surface area contributed by atoms with Crippen LogP contribution in [-0.2, 0) is 0 Å². The van der Waals surface area contributed by atoms with E-state index in [4.69, 9.17) is 9.47 Å². The molecule has 2 saturated carbocycles. The zero-order valence-corrected chi connectivity index (χ0v) is 43.8. The lowest BCUT2D eigenvalue weighted by Gasteiger charge is -2.18. The minimum absolute atomic E-state index is 0.745. The molecule has 0 amide bonds. The van der Waals surface area contributed by atoms with Crippen molar-refractivity contribution in [3.63, 3.8) is 0 Å². The van der Waals surface area contributed by atoms with Crippen LogP contribution in [-0.4, -0.2) is 92.5 Å². The van der Waals surface area contributed by atoms with Crippen molar-refractivity contribution in [3.8, 4) is 11.5 Å². The van der Waals surface area contributed by atoms with Crippen LogP contribution >= 0.6 is 0 Å². The second-order valence-electron chi connectivity index (χ2n) is 16.7. The number of allylic oxidation sites excluding steroid dienone is 6. The highest BCUT2D eigenvalue weighted by Gasteiger charge is 2.16. The van der Waals surface area contributed by atoms with E-state index in [-0.39, 0.29) is 0 Å². The molecule has 12 N–H and O–H groups in total. The van der Waals surface area contributed by atoms with Crippen LogP contribution in [0.3, 0.4) is 0 Å². The molecular formula is C58H86N12O2+6. The Morgan fingerprint density at radius 3 is 1.49 bits per heavy atom. The van der Waals surface area contributed by atoms with Gasteiger partial charge in [-0.15, -0.1) is 0 Å². The molecule has 0 spiro atoms. The molecule has 0 radical (unpaired) electrons. The van der Waals surface area contributed by atoms with Gasteiger partial charge in [-0.3, -0.25) is 41.2 Å². The number of anilines is 2. The Morgan fingerprint density at radius 1 is 0.486 bits per heavy atom. The van der Waals surface area contributed by atoms with Crippen LogP contribution in [0.1, 0.15) is 77.0 Å². The van der Waals surface area contributed by atoms with Crippen LogP contribution in [0.25, 0.3) is 0 Å². The normalized spacial score (nSPS) is 15.1. The van der Waals surface area contributed by atoms with Crippen LogP contribution in [0, 0.1) is 0 Å². The first-order chi connectivity index (χ1) is 35.5. The van der Waals surface area contributed by atoms with Crippen molar-refractivity contribution in [2.24, 2.45) is 0 Å². The quantitative estimate of drug-likeness (QED) is 0.0575. The van der Waals surface area contributed by atoms with E-state index in [1.807, 2.05) is 150 Å². The van der Waals surface area contributed by atoms with Gasteiger partial charge in [0.25, 0.3) is 0 Å². The van der Waals surface area contributed by atoms with E-state index in [9.17, 15) is 0 Å². The lowest BCUT2D eigenvalue weighted by Crippen LogP contribution is -2.78. The van der Waals surface area contributed by atoms with E-state index in [0.29, 0.717) is 0 Å². The zero-order valence-electron chi connectivity index (χ0n) is 43.8. The van der Waals surface area contributed by atoms with Gasteiger partial charge >= 0.3 is 0 Å². The summed E-state index contributed by atoms with van der Waals surface area (Å²) < 4.78 is 10.2. The third kappa shape index (κ3) is 28.7. The molecule has 4 aromatic carbocycles. The van der Waals surface area contributed by atoms with E-state index >= 15 is 0 Å². The fourth-order valence-corrected chi connectivity index (χ4v) is 7.29. The Hall–Kier alpha value is -7.74. The van der Waals surface area contributed by atoms with Crippen LogP contribution in [0.5, 0.6) is 11.5 Å². The molecule has 8 rings (SSSR count). The Balaban J connectivity index is 0.000000240. The average molecular weight is 983 g/mol. The van der Waals surface area contributed by atoms with Crippen molar-refractivity contribution in [3.05, 3.63) is 157 Å². The highest BCUT2D eigenvalue weighted by molar-refractivity contribution is 5.72. The minimum Gasteiger partial charge on any atom is -0.497 e. The van der Waals surface area contributed by atoms with Crippen LogP contribution in [0.4, 0.5) is 22.7 Å². The zero-order chi connectivity index (χ0) is 51.4. The maximum Gasteiger partial charge on any atom is 0.240 e. The molecule has 72 heavy (non-hydrogen) atoms. The van der Waals surface area contributed by atoms with Gasteiger partial charge in [0.2, 0.25) is 38.0 Å². The van der Waals surface area contributed by atoms with Crippen molar-refractivity contribution in [2.75, 3.05) is 53.0 Å². The highest BCUT2D eigenvalue weighted by atomic mass is 16.5. The monoisotopic (exact) mass is 983 g/mol. The predicted octanol–water partition coefficient (Wildman–Crippen LogP) is 0.707. The minimum atomic E-state index is 0.745. The van der Waals surface area contributed by atoms with Gasteiger partial charge in [0, 0.05) is 12.8 Å². The number of methoxy groups -OCH3 is 2. The van der Waals surface area contributed by atoms with E-state index in [1.54, 1.807) is 33.2 Å². The van der Waals surface area contributed by atoms with E-state index in [2.05, 4.69) is 105 Å². The van der Waals surface area contributed by atoms with Crippen molar-refractivity contribution in [1.29, 1.82) is 0 Å². The van der Waals surface area contributed by atoms with Crippen molar-refractivity contribution in [2.45, 2.75) is 89.1 Å². The van der Waals surface area contributed by atoms with Crippen LogP contribution in [0.15, 0.2) is 157 Å². The molecule has 0 unspecified atom stereocenters. The second kappa shape index (κ2) is 40.0. The average Bonchev–Trinajstić information content (AvgIpc) is 4.18. The predicted molar refractivity (Wildman–Crippen MR) is 301 cm³/mol. The van der Waals surface area contributed by atoms with E-state index < -0.39 is 0 Å². The van der Waals surface area contributed by atoms with E-state index in [0.717, 1.165) is 59.2 Å². The SMILES string of the molecule is C(NC1CCCCC1)=[NH+]C1CCCCC1.C(Nc1ccccc1)=[NH+]c1ccccc1.C1=CCC(NC=[NH+]C2=CC=CC2)=C1.CNC=[NH+]C.CNC=[NH+]C.COc1ccc(NC=[NH+]c2ccc(OC)cc2)cc1. The topological polar surface area (TPSA) is 174 Å². The van der Waals surface area contributed by atoms with Crippen LogP contribution in [0.2, 0.25) is 0 Å². The summed E-state index contributed by atoms with van der Waals surface area (Å²) in [7, 11) is 10.7. The summed E-state index contributed by atoms with van der Waals surface area (Å²) in [4.78, 5) is 18.6. The van der Waals surface area contributed by atoms with Crippen molar-refractivity contribution in [1.82, 2.24) is 21.3 Å². The molecule has 2 fully saturated rings. The Kier molecular flexibility index (Phi) is 32.6. The lowest BCUT2D eigenvalue weighted by molar-refractivity contribution is -0.504. The summed E-state index contributed by atoms with van der Waals surface area (Å²) >= 11 is 0. The molecule has 0 saturated heterocycles. The summed E-state index contributed by atoms with van der Waals surface area (Å²) in [6.07, 6.45) is 39.7.